The Morgan fingerprint density at radius 1 is 1.24 bits per heavy atom. The lowest BCUT2D eigenvalue weighted by atomic mass is 10.0. The third-order valence-corrected chi connectivity index (χ3v) is 5.85. The molecular weight excluding hydrogens is 395 g/mol. The zero-order chi connectivity index (χ0) is 21.4. The van der Waals surface area contributed by atoms with Gasteiger partial charge in [-0.25, -0.2) is 12.8 Å². The lowest BCUT2D eigenvalue weighted by Crippen LogP contribution is -2.52. The number of morpholine rings is 1. The Labute approximate surface area is 173 Å². The predicted molar refractivity (Wildman–Crippen MR) is 114 cm³/mol. The summed E-state index contributed by atoms with van der Waals surface area (Å²) >= 11 is 0. The first-order valence-electron chi connectivity index (χ1n) is 9.91. The lowest BCUT2D eigenvalue weighted by Gasteiger charge is -2.37. The third-order valence-electron chi connectivity index (χ3n) is 5.02. The van der Waals surface area contributed by atoms with Crippen LogP contribution in [0.1, 0.15) is 25.0 Å². The van der Waals surface area contributed by atoms with Crippen molar-refractivity contribution in [3.05, 3.63) is 35.1 Å². The summed E-state index contributed by atoms with van der Waals surface area (Å²) in [6, 6.07) is 4.52. The molecule has 1 unspecified atom stereocenters. The van der Waals surface area contributed by atoms with E-state index in [1.54, 1.807) is 7.05 Å². The quantitative estimate of drug-likeness (QED) is 0.481. The predicted octanol–water partition coefficient (Wildman–Crippen LogP) is 1.39. The SMILES string of the molecule is CN=C(NCc1cc(F)ccc1CS(C)(=O)=O)NCC(C(C)C)N1CCOCC1. The zero-order valence-electron chi connectivity index (χ0n) is 17.7. The average molecular weight is 429 g/mol. The van der Waals surface area contributed by atoms with Crippen LogP contribution in [0.5, 0.6) is 0 Å². The van der Waals surface area contributed by atoms with Gasteiger partial charge in [-0.15, -0.1) is 0 Å². The second kappa shape index (κ2) is 10.9. The Hall–Kier alpha value is -1.71. The summed E-state index contributed by atoms with van der Waals surface area (Å²) in [6.45, 7) is 8.72. The highest BCUT2D eigenvalue weighted by Gasteiger charge is 2.24. The maximum atomic E-state index is 13.7. The van der Waals surface area contributed by atoms with Gasteiger partial charge in [0.2, 0.25) is 0 Å². The Morgan fingerprint density at radius 2 is 1.93 bits per heavy atom. The number of hydrogen-bond acceptors (Lipinski definition) is 5. The van der Waals surface area contributed by atoms with Crippen molar-refractivity contribution in [2.24, 2.45) is 10.9 Å². The van der Waals surface area contributed by atoms with Crippen LogP contribution in [-0.4, -0.2) is 71.5 Å². The highest BCUT2D eigenvalue weighted by Crippen LogP contribution is 2.15. The Morgan fingerprint density at radius 3 is 2.52 bits per heavy atom. The van der Waals surface area contributed by atoms with Crippen molar-refractivity contribution in [3.8, 4) is 0 Å². The molecule has 1 saturated heterocycles. The van der Waals surface area contributed by atoms with Gasteiger partial charge in [-0.05, 0) is 29.2 Å². The number of aliphatic imine (C=N–C) groups is 1. The molecule has 1 aromatic carbocycles. The van der Waals surface area contributed by atoms with Gasteiger partial charge < -0.3 is 15.4 Å². The van der Waals surface area contributed by atoms with E-state index in [2.05, 4.69) is 34.4 Å². The third kappa shape index (κ3) is 7.91. The number of rotatable bonds is 8. The molecule has 1 aliphatic rings. The van der Waals surface area contributed by atoms with Crippen LogP contribution >= 0.6 is 0 Å². The molecule has 1 aromatic rings. The number of halogens is 1. The molecule has 2 rings (SSSR count). The first kappa shape index (κ1) is 23.6. The molecule has 2 N–H and O–H groups in total. The van der Waals surface area contributed by atoms with Gasteiger partial charge in [-0.1, -0.05) is 19.9 Å². The first-order valence-corrected chi connectivity index (χ1v) is 12.0. The number of nitrogens with one attached hydrogen (secondary N) is 2. The summed E-state index contributed by atoms with van der Waals surface area (Å²) in [5.74, 6) is 0.541. The van der Waals surface area contributed by atoms with Crippen LogP contribution in [-0.2, 0) is 26.9 Å². The summed E-state index contributed by atoms with van der Waals surface area (Å²) in [5.41, 5.74) is 1.19. The molecule has 0 amide bonds. The topological polar surface area (TPSA) is 83.0 Å². The molecule has 0 spiro atoms. The Kier molecular flexibility index (Phi) is 8.85. The number of sulfone groups is 1. The van der Waals surface area contributed by atoms with Crippen molar-refractivity contribution in [1.29, 1.82) is 0 Å². The van der Waals surface area contributed by atoms with Crippen molar-refractivity contribution in [1.82, 2.24) is 15.5 Å². The van der Waals surface area contributed by atoms with E-state index in [0.717, 1.165) is 32.8 Å². The molecule has 7 nitrogen and oxygen atoms in total. The van der Waals surface area contributed by atoms with E-state index in [0.29, 0.717) is 29.0 Å². The number of hydrogen-bond donors (Lipinski definition) is 2. The van der Waals surface area contributed by atoms with Gasteiger partial charge in [0.25, 0.3) is 0 Å². The normalized spacial score (nSPS) is 17.4. The molecule has 0 aromatic heterocycles. The molecule has 29 heavy (non-hydrogen) atoms. The highest BCUT2D eigenvalue weighted by molar-refractivity contribution is 7.89. The minimum atomic E-state index is -3.21. The molecule has 1 aliphatic heterocycles. The summed E-state index contributed by atoms with van der Waals surface area (Å²) < 4.78 is 42.5. The first-order chi connectivity index (χ1) is 13.7. The number of nitrogens with zero attached hydrogens (tertiary/aromatic N) is 2. The van der Waals surface area contributed by atoms with Crippen LogP contribution in [0.25, 0.3) is 0 Å². The molecule has 0 saturated carbocycles. The number of benzene rings is 1. The maximum Gasteiger partial charge on any atom is 0.191 e. The molecule has 1 fully saturated rings. The van der Waals surface area contributed by atoms with Crippen molar-refractivity contribution in [2.75, 3.05) is 46.2 Å². The van der Waals surface area contributed by atoms with Gasteiger partial charge in [0.05, 0.1) is 19.0 Å². The maximum absolute atomic E-state index is 13.7. The van der Waals surface area contributed by atoms with Crippen molar-refractivity contribution >= 4 is 15.8 Å². The van der Waals surface area contributed by atoms with Gasteiger partial charge in [-0.3, -0.25) is 9.89 Å². The fourth-order valence-electron chi connectivity index (χ4n) is 3.48. The second-order valence-electron chi connectivity index (χ2n) is 7.75. The molecule has 0 bridgehead atoms. The van der Waals surface area contributed by atoms with Crippen LogP contribution < -0.4 is 10.6 Å². The fourth-order valence-corrected chi connectivity index (χ4v) is 4.33. The van der Waals surface area contributed by atoms with Crippen molar-refractivity contribution < 1.29 is 17.5 Å². The summed E-state index contributed by atoms with van der Waals surface area (Å²) in [4.78, 5) is 6.67. The number of ether oxygens (including phenoxy) is 1. The van der Waals surface area contributed by atoms with Gasteiger partial charge in [-0.2, -0.15) is 0 Å². The van der Waals surface area contributed by atoms with Gasteiger partial charge in [0, 0.05) is 45.5 Å². The zero-order valence-corrected chi connectivity index (χ0v) is 18.6. The standard InChI is InChI=1S/C20H33FN4O3S/c1-15(2)19(25-7-9-28-10-8-25)13-24-20(22-3)23-12-17-11-18(21)6-5-16(17)14-29(4,26)27/h5-6,11,15,19H,7-10,12-14H2,1-4H3,(H2,22,23,24). The summed E-state index contributed by atoms with van der Waals surface area (Å²) in [6.07, 6.45) is 1.17. The summed E-state index contributed by atoms with van der Waals surface area (Å²) in [5, 5.41) is 6.52. The molecule has 0 aliphatic carbocycles. The minimum Gasteiger partial charge on any atom is -0.379 e. The van der Waals surface area contributed by atoms with Crippen LogP contribution in [0.3, 0.4) is 0 Å². The van der Waals surface area contributed by atoms with E-state index in [-0.39, 0.29) is 12.3 Å². The minimum absolute atomic E-state index is 0.122. The van der Waals surface area contributed by atoms with Crippen molar-refractivity contribution in [3.63, 3.8) is 0 Å². The molecule has 1 heterocycles. The number of guanidine groups is 1. The lowest BCUT2D eigenvalue weighted by molar-refractivity contribution is 0.00752. The average Bonchev–Trinajstić information content (AvgIpc) is 2.66. The van der Waals surface area contributed by atoms with E-state index >= 15 is 0 Å². The van der Waals surface area contributed by atoms with E-state index in [1.165, 1.54) is 24.5 Å². The largest absolute Gasteiger partial charge is 0.379 e. The molecule has 0 radical (unpaired) electrons. The van der Waals surface area contributed by atoms with Crippen LogP contribution in [0.15, 0.2) is 23.2 Å². The van der Waals surface area contributed by atoms with Gasteiger partial charge in [0.1, 0.15) is 5.82 Å². The van der Waals surface area contributed by atoms with Crippen LogP contribution in [0.2, 0.25) is 0 Å². The summed E-state index contributed by atoms with van der Waals surface area (Å²) in [7, 11) is -1.53. The molecule has 1 atom stereocenters. The van der Waals surface area contributed by atoms with Crippen molar-refractivity contribution in [2.45, 2.75) is 32.2 Å². The smallest absolute Gasteiger partial charge is 0.191 e. The Bertz CT molecular complexity index is 793. The Balaban J connectivity index is 1.99. The highest BCUT2D eigenvalue weighted by atomic mass is 32.2. The fraction of sp³-hybridized carbons (Fsp3) is 0.650. The van der Waals surface area contributed by atoms with E-state index in [9.17, 15) is 12.8 Å². The van der Waals surface area contributed by atoms with E-state index < -0.39 is 15.7 Å². The van der Waals surface area contributed by atoms with Crippen LogP contribution in [0.4, 0.5) is 4.39 Å². The molecule has 164 valence electrons. The second-order valence-corrected chi connectivity index (χ2v) is 9.89. The van der Waals surface area contributed by atoms with E-state index in [1.807, 2.05) is 0 Å². The van der Waals surface area contributed by atoms with Crippen LogP contribution in [0, 0.1) is 11.7 Å². The molecular formula is C20H33FN4O3S. The van der Waals surface area contributed by atoms with E-state index in [4.69, 9.17) is 4.74 Å². The monoisotopic (exact) mass is 428 g/mol. The van der Waals surface area contributed by atoms with Gasteiger partial charge in [0.15, 0.2) is 15.8 Å². The van der Waals surface area contributed by atoms with Gasteiger partial charge >= 0.3 is 0 Å². The molecule has 9 heteroatoms.